The van der Waals surface area contributed by atoms with Crippen molar-refractivity contribution in [3.8, 4) is 11.5 Å². The van der Waals surface area contributed by atoms with Gasteiger partial charge in [0.15, 0.2) is 22.9 Å². The highest BCUT2D eigenvalue weighted by Crippen LogP contribution is 2.31. The number of oxazole rings is 1. The third-order valence-corrected chi connectivity index (χ3v) is 5.06. The number of ketones is 1. The van der Waals surface area contributed by atoms with E-state index in [1.54, 1.807) is 54.6 Å². The summed E-state index contributed by atoms with van der Waals surface area (Å²) in [4.78, 5) is 29.8. The molecule has 1 aromatic heterocycles. The maximum atomic E-state index is 13.6. The van der Waals surface area contributed by atoms with E-state index in [9.17, 15) is 9.59 Å². The van der Waals surface area contributed by atoms with Gasteiger partial charge in [-0.15, -0.1) is 0 Å². The fourth-order valence-electron chi connectivity index (χ4n) is 3.34. The minimum Gasteiger partial charge on any atom is -0.493 e. The fraction of sp³-hybridized carbons (Fsp3) is 0.115. The number of hydrogen-bond acceptors (Lipinski definition) is 7. The SMILES string of the molecule is COC(=O)c1ccc(/C=C(/C(=O)c2ccc(OC)c(OC)c2)c2nc3ccccc3o2)cc1. The Morgan fingerprint density at radius 1 is 0.848 bits per heavy atom. The van der Waals surface area contributed by atoms with Crippen LogP contribution in [0.3, 0.4) is 0 Å². The minimum absolute atomic E-state index is 0.188. The third-order valence-electron chi connectivity index (χ3n) is 5.06. The molecule has 166 valence electrons. The van der Waals surface area contributed by atoms with Gasteiger partial charge in [-0.3, -0.25) is 4.79 Å². The zero-order valence-electron chi connectivity index (χ0n) is 18.3. The Morgan fingerprint density at radius 2 is 1.55 bits per heavy atom. The van der Waals surface area contributed by atoms with Crippen molar-refractivity contribution in [2.24, 2.45) is 0 Å². The molecule has 7 nitrogen and oxygen atoms in total. The summed E-state index contributed by atoms with van der Waals surface area (Å²) in [6, 6.07) is 18.9. The lowest BCUT2D eigenvalue weighted by Crippen LogP contribution is -2.05. The van der Waals surface area contributed by atoms with E-state index in [2.05, 4.69) is 4.98 Å². The fourth-order valence-corrected chi connectivity index (χ4v) is 3.34. The van der Waals surface area contributed by atoms with Crippen LogP contribution in [-0.2, 0) is 4.74 Å². The molecule has 0 aliphatic carbocycles. The number of allylic oxidation sites excluding steroid dienone is 1. The van der Waals surface area contributed by atoms with Crippen molar-refractivity contribution in [1.29, 1.82) is 0 Å². The predicted molar refractivity (Wildman–Crippen MR) is 124 cm³/mol. The lowest BCUT2D eigenvalue weighted by atomic mass is 10.00. The van der Waals surface area contributed by atoms with E-state index < -0.39 is 5.97 Å². The van der Waals surface area contributed by atoms with Gasteiger partial charge in [-0.2, -0.15) is 0 Å². The van der Waals surface area contributed by atoms with E-state index in [-0.39, 0.29) is 17.2 Å². The van der Waals surface area contributed by atoms with Gasteiger partial charge in [0.05, 0.1) is 32.5 Å². The van der Waals surface area contributed by atoms with Crippen molar-refractivity contribution in [2.45, 2.75) is 0 Å². The largest absolute Gasteiger partial charge is 0.493 e. The molecule has 0 unspecified atom stereocenters. The maximum absolute atomic E-state index is 13.6. The van der Waals surface area contributed by atoms with Crippen LogP contribution in [0, 0.1) is 0 Å². The van der Waals surface area contributed by atoms with Crippen molar-refractivity contribution in [1.82, 2.24) is 4.98 Å². The number of fused-ring (bicyclic) bond motifs is 1. The first-order chi connectivity index (χ1) is 16.0. The van der Waals surface area contributed by atoms with Gasteiger partial charge in [-0.25, -0.2) is 9.78 Å². The van der Waals surface area contributed by atoms with E-state index in [1.807, 2.05) is 18.2 Å². The second kappa shape index (κ2) is 9.40. The number of aromatic nitrogens is 1. The summed E-state index contributed by atoms with van der Waals surface area (Å²) < 4.78 is 21.3. The normalized spacial score (nSPS) is 11.3. The molecule has 4 rings (SSSR count). The molecule has 0 amide bonds. The Morgan fingerprint density at radius 3 is 2.21 bits per heavy atom. The van der Waals surface area contributed by atoms with Gasteiger partial charge in [-0.05, 0) is 54.1 Å². The second-order valence-electron chi connectivity index (χ2n) is 7.06. The summed E-state index contributed by atoms with van der Waals surface area (Å²) in [5.74, 6) is 0.390. The molecule has 33 heavy (non-hydrogen) atoms. The summed E-state index contributed by atoms with van der Waals surface area (Å²) in [6.07, 6.45) is 1.67. The van der Waals surface area contributed by atoms with Crippen LogP contribution in [0.1, 0.15) is 32.2 Å². The zero-order chi connectivity index (χ0) is 23.4. The van der Waals surface area contributed by atoms with Gasteiger partial charge in [0.2, 0.25) is 5.89 Å². The van der Waals surface area contributed by atoms with Gasteiger partial charge in [0, 0.05) is 5.56 Å². The van der Waals surface area contributed by atoms with Crippen molar-refractivity contribution in [2.75, 3.05) is 21.3 Å². The van der Waals surface area contributed by atoms with Crippen LogP contribution in [0.5, 0.6) is 11.5 Å². The number of ether oxygens (including phenoxy) is 3. The molecule has 0 N–H and O–H groups in total. The molecule has 0 aliphatic rings. The molecule has 4 aromatic rings. The molecule has 0 spiro atoms. The molecule has 0 atom stereocenters. The van der Waals surface area contributed by atoms with Crippen LogP contribution in [0.15, 0.2) is 71.1 Å². The first-order valence-corrected chi connectivity index (χ1v) is 10.1. The van der Waals surface area contributed by atoms with Gasteiger partial charge in [-0.1, -0.05) is 24.3 Å². The molecule has 0 saturated heterocycles. The van der Waals surface area contributed by atoms with Crippen LogP contribution < -0.4 is 9.47 Å². The molecule has 0 fully saturated rings. The van der Waals surface area contributed by atoms with Crippen molar-refractivity contribution < 1.29 is 28.2 Å². The van der Waals surface area contributed by atoms with Crippen molar-refractivity contribution >= 4 is 34.5 Å². The van der Waals surface area contributed by atoms with Gasteiger partial charge >= 0.3 is 5.97 Å². The molecule has 0 bridgehead atoms. The molecular formula is C26H21NO6. The first-order valence-electron chi connectivity index (χ1n) is 10.1. The zero-order valence-corrected chi connectivity index (χ0v) is 18.3. The third kappa shape index (κ3) is 4.48. The Balaban J connectivity index is 1.81. The quantitative estimate of drug-likeness (QED) is 0.224. The summed E-state index contributed by atoms with van der Waals surface area (Å²) in [7, 11) is 4.36. The molecule has 0 saturated carbocycles. The molecule has 1 heterocycles. The number of hydrogen-bond donors (Lipinski definition) is 0. The Kier molecular flexibility index (Phi) is 6.22. The molecular weight excluding hydrogens is 422 g/mol. The van der Waals surface area contributed by atoms with Crippen LogP contribution in [-0.4, -0.2) is 38.1 Å². The van der Waals surface area contributed by atoms with Gasteiger partial charge < -0.3 is 18.6 Å². The van der Waals surface area contributed by atoms with Gasteiger partial charge in [0.1, 0.15) is 5.52 Å². The smallest absolute Gasteiger partial charge is 0.337 e. The van der Waals surface area contributed by atoms with E-state index in [0.717, 1.165) is 0 Å². The van der Waals surface area contributed by atoms with Crippen LogP contribution >= 0.6 is 0 Å². The van der Waals surface area contributed by atoms with Gasteiger partial charge in [0.25, 0.3) is 0 Å². The van der Waals surface area contributed by atoms with E-state index >= 15 is 0 Å². The molecule has 0 aliphatic heterocycles. The molecule has 0 radical (unpaired) electrons. The number of esters is 1. The number of Topliss-reactive ketones (excluding diaryl/α,β-unsaturated/α-hetero) is 1. The standard InChI is InChI=1S/C26H21NO6/c1-30-22-13-12-18(15-23(22)31-2)24(28)19(25-27-20-6-4-5-7-21(20)33-25)14-16-8-10-17(11-9-16)26(29)32-3/h4-15H,1-3H3/b19-14-. The number of carbonyl (C=O) groups excluding carboxylic acids is 2. The molecule has 3 aromatic carbocycles. The highest BCUT2D eigenvalue weighted by Gasteiger charge is 2.22. The van der Waals surface area contributed by atoms with E-state index in [4.69, 9.17) is 18.6 Å². The minimum atomic E-state index is -0.439. The number of rotatable bonds is 7. The topological polar surface area (TPSA) is 87.9 Å². The van der Waals surface area contributed by atoms with Crippen LogP contribution in [0.4, 0.5) is 0 Å². The highest BCUT2D eigenvalue weighted by atomic mass is 16.5. The highest BCUT2D eigenvalue weighted by molar-refractivity contribution is 6.31. The Labute approximate surface area is 190 Å². The lowest BCUT2D eigenvalue weighted by molar-refractivity contribution is 0.0600. The Hall–Kier alpha value is -4.39. The molecule has 7 heteroatoms. The number of para-hydroxylation sites is 2. The van der Waals surface area contributed by atoms with Crippen LogP contribution in [0.25, 0.3) is 22.7 Å². The van der Waals surface area contributed by atoms with E-state index in [1.165, 1.54) is 21.3 Å². The average molecular weight is 443 g/mol. The Bertz CT molecular complexity index is 1320. The lowest BCUT2D eigenvalue weighted by Gasteiger charge is -2.10. The number of carbonyl (C=O) groups is 2. The number of methoxy groups -OCH3 is 3. The average Bonchev–Trinajstić information content (AvgIpc) is 3.30. The number of nitrogens with zero attached hydrogens (tertiary/aromatic N) is 1. The van der Waals surface area contributed by atoms with E-state index in [0.29, 0.717) is 39.3 Å². The van der Waals surface area contributed by atoms with Crippen molar-refractivity contribution in [3.63, 3.8) is 0 Å². The summed E-state index contributed by atoms with van der Waals surface area (Å²) in [6.45, 7) is 0. The monoisotopic (exact) mass is 443 g/mol. The maximum Gasteiger partial charge on any atom is 0.337 e. The summed E-state index contributed by atoms with van der Waals surface area (Å²) in [5, 5.41) is 0. The second-order valence-corrected chi connectivity index (χ2v) is 7.06. The van der Waals surface area contributed by atoms with Crippen LogP contribution in [0.2, 0.25) is 0 Å². The first kappa shape index (κ1) is 21.8. The van der Waals surface area contributed by atoms with Crippen molar-refractivity contribution in [3.05, 3.63) is 89.3 Å². The summed E-state index contributed by atoms with van der Waals surface area (Å²) >= 11 is 0. The number of benzene rings is 3. The predicted octanol–water partition coefficient (Wildman–Crippen LogP) is 5.06. The summed E-state index contributed by atoms with van der Waals surface area (Å²) in [5.41, 5.74) is 2.94.